The molecule has 2 aliphatic heterocycles. The Hall–Kier alpha value is -1.55. The summed E-state index contributed by atoms with van der Waals surface area (Å²) in [4.78, 5) is 5.06. The Balaban J connectivity index is 0.000000882. The van der Waals surface area contributed by atoms with Crippen LogP contribution in [0.15, 0.2) is 48.5 Å². The van der Waals surface area contributed by atoms with E-state index in [1.807, 2.05) is 0 Å². The second-order valence-electron chi connectivity index (χ2n) is 5.98. The Morgan fingerprint density at radius 3 is 2.41 bits per heavy atom. The molecule has 0 saturated carbocycles. The van der Waals surface area contributed by atoms with Crippen LogP contribution in [0.2, 0.25) is 0 Å². The number of piperazine rings is 1. The number of hydrogen-bond acceptors (Lipinski definition) is 2. The van der Waals surface area contributed by atoms with Crippen LogP contribution in [0.5, 0.6) is 0 Å². The van der Waals surface area contributed by atoms with E-state index in [4.69, 9.17) is 0 Å². The van der Waals surface area contributed by atoms with Gasteiger partial charge in [-0.1, -0.05) is 42.5 Å². The zero-order chi connectivity index (χ0) is 13.5. The number of fused-ring (bicyclic) bond motifs is 5. The van der Waals surface area contributed by atoms with Gasteiger partial charge in [0.15, 0.2) is 0 Å². The highest BCUT2D eigenvalue weighted by Crippen LogP contribution is 2.38. The van der Waals surface area contributed by atoms with Gasteiger partial charge < -0.3 is 15.3 Å². The fraction of sp³-hybridized carbons (Fsp3) is 0.333. The fourth-order valence-electron chi connectivity index (χ4n) is 3.64. The molecule has 0 spiro atoms. The largest absolute Gasteiger partial charge is 0.412 e. The van der Waals surface area contributed by atoms with Gasteiger partial charge in [0.2, 0.25) is 0 Å². The summed E-state index contributed by atoms with van der Waals surface area (Å²) in [5.41, 5.74) is 5.90. The number of para-hydroxylation sites is 1. The summed E-state index contributed by atoms with van der Waals surface area (Å²) < 4.78 is 0. The van der Waals surface area contributed by atoms with E-state index < -0.39 is 0 Å². The Bertz CT molecular complexity index is 646. The third-order valence-corrected chi connectivity index (χ3v) is 4.68. The molecule has 2 aliphatic rings. The molecule has 2 heterocycles. The zero-order valence-electron chi connectivity index (χ0n) is 12.8. The van der Waals surface area contributed by atoms with E-state index in [0.29, 0.717) is 6.04 Å². The van der Waals surface area contributed by atoms with Gasteiger partial charge >= 0.3 is 0 Å². The van der Waals surface area contributed by atoms with Crippen molar-refractivity contribution in [1.82, 2.24) is 4.90 Å². The van der Waals surface area contributed by atoms with Gasteiger partial charge in [-0.3, -0.25) is 0 Å². The SMILES string of the molecule is CN1CCN2c3ccccc3Cc3ccccc3C2C1.Cl.O. The van der Waals surface area contributed by atoms with E-state index in [-0.39, 0.29) is 17.9 Å². The summed E-state index contributed by atoms with van der Waals surface area (Å²) in [5, 5.41) is 0. The van der Waals surface area contributed by atoms with Crippen LogP contribution < -0.4 is 4.90 Å². The molecule has 4 heteroatoms. The number of halogens is 1. The van der Waals surface area contributed by atoms with Crippen molar-refractivity contribution in [2.24, 2.45) is 0 Å². The predicted molar refractivity (Wildman–Crippen MR) is 94.1 cm³/mol. The van der Waals surface area contributed by atoms with E-state index in [1.54, 1.807) is 0 Å². The summed E-state index contributed by atoms with van der Waals surface area (Å²) in [7, 11) is 2.23. The van der Waals surface area contributed by atoms with E-state index in [2.05, 4.69) is 65.4 Å². The third kappa shape index (κ3) is 2.72. The van der Waals surface area contributed by atoms with Crippen molar-refractivity contribution in [2.45, 2.75) is 12.5 Å². The highest BCUT2D eigenvalue weighted by molar-refractivity contribution is 5.85. The zero-order valence-corrected chi connectivity index (χ0v) is 13.6. The molecule has 1 fully saturated rings. The lowest BCUT2D eigenvalue weighted by Crippen LogP contribution is -2.46. The number of hydrogen-bond donors (Lipinski definition) is 0. The van der Waals surface area contributed by atoms with Gasteiger partial charge in [0.1, 0.15) is 0 Å². The highest BCUT2D eigenvalue weighted by atomic mass is 35.5. The van der Waals surface area contributed by atoms with Gasteiger partial charge in [-0.25, -0.2) is 0 Å². The molecule has 0 bridgehead atoms. The Labute approximate surface area is 138 Å². The standard InChI is InChI=1S/C18H20N2.ClH.H2O/c1-19-10-11-20-17-9-5-3-7-15(17)12-14-6-2-4-8-16(14)18(20)13-19;;/h2-9,18H,10-13H2,1H3;1H;1H2. The van der Waals surface area contributed by atoms with Crippen molar-refractivity contribution in [1.29, 1.82) is 0 Å². The maximum absolute atomic E-state index is 2.61. The molecule has 0 aromatic heterocycles. The smallest absolute Gasteiger partial charge is 0.0672 e. The van der Waals surface area contributed by atoms with Gasteiger partial charge in [0.25, 0.3) is 0 Å². The van der Waals surface area contributed by atoms with Crippen LogP contribution in [-0.2, 0) is 6.42 Å². The Kier molecular flexibility index (Phi) is 5.12. The van der Waals surface area contributed by atoms with Gasteiger partial charge in [-0.15, -0.1) is 12.4 Å². The lowest BCUT2D eigenvalue weighted by Gasteiger charge is -2.41. The van der Waals surface area contributed by atoms with Crippen LogP contribution in [0, 0.1) is 0 Å². The van der Waals surface area contributed by atoms with E-state index in [0.717, 1.165) is 26.1 Å². The van der Waals surface area contributed by atoms with Crippen LogP contribution in [0.4, 0.5) is 5.69 Å². The van der Waals surface area contributed by atoms with Crippen molar-refractivity contribution >= 4 is 18.1 Å². The maximum Gasteiger partial charge on any atom is 0.0672 e. The second kappa shape index (κ2) is 6.69. The molecule has 1 atom stereocenters. The van der Waals surface area contributed by atoms with Crippen molar-refractivity contribution in [3.05, 3.63) is 65.2 Å². The first-order chi connectivity index (χ1) is 9.83. The normalized spacial score (nSPS) is 19.7. The molecule has 1 saturated heterocycles. The molecule has 2 aromatic rings. The molecular formula is C18H23ClN2O. The number of likely N-dealkylation sites (N-methyl/N-ethyl adjacent to an activating group) is 1. The lowest BCUT2D eigenvalue weighted by atomic mass is 9.96. The van der Waals surface area contributed by atoms with Gasteiger partial charge in [0, 0.05) is 25.3 Å². The van der Waals surface area contributed by atoms with Crippen molar-refractivity contribution in [3.8, 4) is 0 Å². The quantitative estimate of drug-likeness (QED) is 0.749. The molecule has 2 aromatic carbocycles. The first-order valence-electron chi connectivity index (χ1n) is 7.44. The van der Waals surface area contributed by atoms with Crippen LogP contribution in [0.1, 0.15) is 22.7 Å². The van der Waals surface area contributed by atoms with E-state index in [9.17, 15) is 0 Å². The van der Waals surface area contributed by atoms with E-state index >= 15 is 0 Å². The number of benzene rings is 2. The monoisotopic (exact) mass is 318 g/mol. The summed E-state index contributed by atoms with van der Waals surface area (Å²) in [6.45, 7) is 3.38. The molecule has 3 nitrogen and oxygen atoms in total. The van der Waals surface area contributed by atoms with Crippen molar-refractivity contribution in [3.63, 3.8) is 0 Å². The van der Waals surface area contributed by atoms with Gasteiger partial charge in [-0.05, 0) is 36.2 Å². The summed E-state index contributed by atoms with van der Waals surface area (Å²) in [5.74, 6) is 0. The maximum atomic E-state index is 2.61. The molecule has 0 radical (unpaired) electrons. The van der Waals surface area contributed by atoms with Crippen molar-refractivity contribution in [2.75, 3.05) is 31.6 Å². The van der Waals surface area contributed by atoms with Crippen molar-refractivity contribution < 1.29 is 5.48 Å². The topological polar surface area (TPSA) is 38.0 Å². The van der Waals surface area contributed by atoms with Crippen LogP contribution in [0.25, 0.3) is 0 Å². The Morgan fingerprint density at radius 1 is 0.909 bits per heavy atom. The number of nitrogens with zero attached hydrogens (tertiary/aromatic N) is 2. The third-order valence-electron chi connectivity index (χ3n) is 4.68. The number of anilines is 1. The minimum absolute atomic E-state index is 0. The molecule has 1 unspecified atom stereocenters. The molecule has 4 rings (SSSR count). The summed E-state index contributed by atoms with van der Waals surface area (Å²) in [6, 6.07) is 18.4. The first kappa shape index (κ1) is 16.8. The van der Waals surface area contributed by atoms with Crippen LogP contribution >= 0.6 is 12.4 Å². The number of rotatable bonds is 0. The first-order valence-corrected chi connectivity index (χ1v) is 7.44. The lowest BCUT2D eigenvalue weighted by molar-refractivity contribution is 0.269. The average molecular weight is 319 g/mol. The predicted octanol–water partition coefficient (Wildman–Crippen LogP) is 2.68. The summed E-state index contributed by atoms with van der Waals surface area (Å²) in [6.07, 6.45) is 1.06. The summed E-state index contributed by atoms with van der Waals surface area (Å²) >= 11 is 0. The fourth-order valence-corrected chi connectivity index (χ4v) is 3.64. The average Bonchev–Trinajstić information content (AvgIpc) is 2.61. The van der Waals surface area contributed by atoms with Gasteiger partial charge in [0.05, 0.1) is 6.04 Å². The molecule has 118 valence electrons. The highest BCUT2D eigenvalue weighted by Gasteiger charge is 2.31. The van der Waals surface area contributed by atoms with Crippen LogP contribution in [-0.4, -0.2) is 37.1 Å². The van der Waals surface area contributed by atoms with Gasteiger partial charge in [-0.2, -0.15) is 0 Å². The molecule has 22 heavy (non-hydrogen) atoms. The van der Waals surface area contributed by atoms with E-state index in [1.165, 1.54) is 22.4 Å². The molecule has 0 aliphatic carbocycles. The minimum Gasteiger partial charge on any atom is -0.412 e. The molecule has 0 amide bonds. The minimum atomic E-state index is 0. The molecule has 2 N–H and O–H groups in total. The Morgan fingerprint density at radius 2 is 1.59 bits per heavy atom. The second-order valence-corrected chi connectivity index (χ2v) is 5.98. The van der Waals surface area contributed by atoms with Crippen LogP contribution in [0.3, 0.4) is 0 Å². The molecular weight excluding hydrogens is 296 g/mol.